The van der Waals surface area contributed by atoms with Crippen LogP contribution in [0.3, 0.4) is 0 Å². The van der Waals surface area contributed by atoms with E-state index in [9.17, 15) is 0 Å². The Morgan fingerprint density at radius 2 is 2.32 bits per heavy atom. The van der Waals surface area contributed by atoms with E-state index >= 15 is 0 Å². The number of rotatable bonds is 2. The number of imidazole rings is 1. The van der Waals surface area contributed by atoms with Crippen LogP contribution < -0.4 is 5.32 Å². The maximum absolute atomic E-state index is 4.83. The van der Waals surface area contributed by atoms with E-state index in [1.54, 1.807) is 0 Å². The fourth-order valence-electron chi connectivity index (χ4n) is 3.02. The first-order valence-electron chi connectivity index (χ1n) is 6.97. The second-order valence-corrected chi connectivity index (χ2v) is 6.47. The van der Waals surface area contributed by atoms with Crippen LogP contribution >= 0.6 is 15.9 Å². The summed E-state index contributed by atoms with van der Waals surface area (Å²) in [6, 6.07) is 4.33. The van der Waals surface area contributed by atoms with Gasteiger partial charge in [0.05, 0.1) is 11.0 Å². The smallest absolute Gasteiger partial charge is 0.109 e. The molecule has 3 nitrogen and oxygen atoms in total. The van der Waals surface area contributed by atoms with Crippen LogP contribution in [0.15, 0.2) is 16.6 Å². The summed E-state index contributed by atoms with van der Waals surface area (Å²) in [6.45, 7) is 4.41. The van der Waals surface area contributed by atoms with Gasteiger partial charge in [-0.1, -0.05) is 0 Å². The Kier molecular flexibility index (Phi) is 3.63. The fraction of sp³-hybridized carbons (Fsp3) is 0.533. The molecule has 0 amide bonds. The van der Waals surface area contributed by atoms with Gasteiger partial charge in [0.1, 0.15) is 5.82 Å². The highest BCUT2D eigenvalue weighted by Gasteiger charge is 2.18. The Morgan fingerprint density at radius 1 is 1.47 bits per heavy atom. The van der Waals surface area contributed by atoms with Crippen molar-refractivity contribution in [2.75, 3.05) is 13.1 Å². The molecule has 2 aromatic rings. The maximum atomic E-state index is 4.83. The second kappa shape index (κ2) is 5.25. The molecule has 0 aliphatic carbocycles. The van der Waals surface area contributed by atoms with E-state index in [0.29, 0.717) is 0 Å². The molecule has 2 heterocycles. The molecular weight excluding hydrogens is 302 g/mol. The van der Waals surface area contributed by atoms with Crippen molar-refractivity contribution in [1.82, 2.24) is 14.9 Å². The molecule has 0 bridgehead atoms. The molecule has 1 aromatic heterocycles. The van der Waals surface area contributed by atoms with Crippen molar-refractivity contribution in [3.8, 4) is 0 Å². The van der Waals surface area contributed by atoms with E-state index in [1.165, 1.54) is 36.3 Å². The molecule has 0 radical (unpaired) electrons. The summed E-state index contributed by atoms with van der Waals surface area (Å²) in [5.74, 6) is 1.93. The van der Waals surface area contributed by atoms with Gasteiger partial charge in [0.2, 0.25) is 0 Å². The van der Waals surface area contributed by atoms with Crippen LogP contribution in [-0.2, 0) is 13.5 Å². The van der Waals surface area contributed by atoms with Gasteiger partial charge in [-0.25, -0.2) is 4.98 Å². The minimum atomic E-state index is 0.726. The van der Waals surface area contributed by atoms with Crippen molar-refractivity contribution in [1.29, 1.82) is 0 Å². The maximum Gasteiger partial charge on any atom is 0.109 e. The molecule has 1 unspecified atom stereocenters. The molecule has 1 aliphatic heterocycles. The van der Waals surface area contributed by atoms with Crippen molar-refractivity contribution in [2.45, 2.75) is 26.2 Å². The van der Waals surface area contributed by atoms with E-state index in [2.05, 4.69) is 51.9 Å². The van der Waals surface area contributed by atoms with E-state index in [0.717, 1.165) is 28.9 Å². The van der Waals surface area contributed by atoms with Gasteiger partial charge < -0.3 is 9.88 Å². The highest BCUT2D eigenvalue weighted by atomic mass is 79.9. The molecule has 1 atom stereocenters. The van der Waals surface area contributed by atoms with Crippen LogP contribution in [0.1, 0.15) is 24.2 Å². The van der Waals surface area contributed by atoms with Gasteiger partial charge in [-0.05, 0) is 72.4 Å². The number of aromatic nitrogens is 2. The molecule has 19 heavy (non-hydrogen) atoms. The largest absolute Gasteiger partial charge is 0.330 e. The molecule has 1 N–H and O–H groups in total. The van der Waals surface area contributed by atoms with E-state index in [1.807, 2.05) is 0 Å². The summed E-state index contributed by atoms with van der Waals surface area (Å²) in [7, 11) is 2.13. The number of hydrogen-bond acceptors (Lipinski definition) is 2. The van der Waals surface area contributed by atoms with Crippen LogP contribution in [0.4, 0.5) is 0 Å². The Hall–Kier alpha value is -0.870. The quantitative estimate of drug-likeness (QED) is 0.920. The van der Waals surface area contributed by atoms with Crippen LogP contribution in [0.2, 0.25) is 0 Å². The Labute approximate surface area is 122 Å². The summed E-state index contributed by atoms with van der Waals surface area (Å²) in [4.78, 5) is 4.83. The standard InChI is InChI=1S/C15H20BrN3/c1-10-6-12(16)15-13(7-10)18-14(19(15)2)8-11-4-3-5-17-9-11/h6-7,11,17H,3-5,8-9H2,1-2H3. The highest BCUT2D eigenvalue weighted by molar-refractivity contribution is 9.10. The third kappa shape index (κ3) is 2.56. The molecule has 1 saturated heterocycles. The minimum Gasteiger partial charge on any atom is -0.330 e. The van der Waals surface area contributed by atoms with Gasteiger partial charge >= 0.3 is 0 Å². The topological polar surface area (TPSA) is 29.9 Å². The Balaban J connectivity index is 1.95. The normalized spacial score (nSPS) is 20.1. The molecule has 4 heteroatoms. The van der Waals surface area contributed by atoms with Crippen molar-refractivity contribution >= 4 is 27.0 Å². The third-order valence-electron chi connectivity index (χ3n) is 4.03. The number of aryl methyl sites for hydroxylation is 2. The fourth-order valence-corrected chi connectivity index (χ4v) is 3.85. The molecule has 1 aliphatic rings. The lowest BCUT2D eigenvalue weighted by atomic mass is 9.96. The lowest BCUT2D eigenvalue weighted by Gasteiger charge is -2.22. The lowest BCUT2D eigenvalue weighted by molar-refractivity contribution is 0.368. The van der Waals surface area contributed by atoms with E-state index < -0.39 is 0 Å². The zero-order chi connectivity index (χ0) is 13.4. The van der Waals surface area contributed by atoms with Crippen molar-refractivity contribution in [3.63, 3.8) is 0 Å². The predicted molar refractivity (Wildman–Crippen MR) is 82.4 cm³/mol. The van der Waals surface area contributed by atoms with Crippen LogP contribution in [-0.4, -0.2) is 22.6 Å². The predicted octanol–water partition coefficient (Wildman–Crippen LogP) is 3.19. The van der Waals surface area contributed by atoms with Crippen molar-refractivity contribution in [2.24, 2.45) is 13.0 Å². The monoisotopic (exact) mass is 321 g/mol. The van der Waals surface area contributed by atoms with Crippen molar-refractivity contribution in [3.05, 3.63) is 28.0 Å². The summed E-state index contributed by atoms with van der Waals surface area (Å²) < 4.78 is 3.39. The average molecular weight is 322 g/mol. The van der Waals surface area contributed by atoms with E-state index in [-0.39, 0.29) is 0 Å². The van der Waals surface area contributed by atoms with Crippen LogP contribution in [0, 0.1) is 12.8 Å². The average Bonchev–Trinajstić information content (AvgIpc) is 2.67. The number of nitrogens with zero attached hydrogens (tertiary/aromatic N) is 2. The zero-order valence-corrected chi connectivity index (χ0v) is 13.1. The van der Waals surface area contributed by atoms with Gasteiger partial charge in [-0.15, -0.1) is 0 Å². The molecule has 3 rings (SSSR count). The summed E-state index contributed by atoms with van der Waals surface area (Å²) >= 11 is 3.66. The summed E-state index contributed by atoms with van der Waals surface area (Å²) in [6.07, 6.45) is 3.68. The number of benzene rings is 1. The zero-order valence-electron chi connectivity index (χ0n) is 11.5. The van der Waals surface area contributed by atoms with Gasteiger partial charge in [-0.3, -0.25) is 0 Å². The first-order valence-corrected chi connectivity index (χ1v) is 7.76. The van der Waals surface area contributed by atoms with Crippen LogP contribution in [0.25, 0.3) is 11.0 Å². The molecule has 1 fully saturated rings. The lowest BCUT2D eigenvalue weighted by Crippen LogP contribution is -2.31. The van der Waals surface area contributed by atoms with Crippen molar-refractivity contribution < 1.29 is 0 Å². The molecule has 102 valence electrons. The number of halogens is 1. The molecule has 0 saturated carbocycles. The van der Waals surface area contributed by atoms with Gasteiger partial charge in [0, 0.05) is 17.9 Å². The summed E-state index contributed by atoms with van der Waals surface area (Å²) in [5.41, 5.74) is 3.57. The second-order valence-electron chi connectivity index (χ2n) is 5.62. The first-order chi connectivity index (χ1) is 9.15. The van der Waals surface area contributed by atoms with Crippen LogP contribution in [0.5, 0.6) is 0 Å². The Bertz CT molecular complexity index is 597. The SMILES string of the molecule is Cc1cc(Br)c2c(c1)nc(CC1CCCNC1)n2C. The minimum absolute atomic E-state index is 0.726. The number of nitrogens with one attached hydrogen (secondary N) is 1. The third-order valence-corrected chi connectivity index (χ3v) is 4.63. The number of hydrogen-bond donors (Lipinski definition) is 1. The molecular formula is C15H20BrN3. The highest BCUT2D eigenvalue weighted by Crippen LogP contribution is 2.27. The van der Waals surface area contributed by atoms with Gasteiger partial charge in [-0.2, -0.15) is 0 Å². The van der Waals surface area contributed by atoms with E-state index in [4.69, 9.17) is 4.98 Å². The molecule has 0 spiro atoms. The van der Waals surface area contributed by atoms with Gasteiger partial charge in [0.15, 0.2) is 0 Å². The number of fused-ring (bicyclic) bond motifs is 1. The molecule has 1 aromatic carbocycles. The number of piperidine rings is 1. The summed E-state index contributed by atoms with van der Waals surface area (Å²) in [5, 5.41) is 3.48. The first kappa shape index (κ1) is 13.1. The van der Waals surface area contributed by atoms with Gasteiger partial charge in [0.25, 0.3) is 0 Å². The Morgan fingerprint density at radius 3 is 3.05 bits per heavy atom.